The molecule has 0 amide bonds. The number of hydrogen-bond acceptors (Lipinski definition) is 2. The molecule has 0 aliphatic heterocycles. The molecule has 2 rings (SSSR count). The topological polar surface area (TPSA) is 21.3 Å². The van der Waals surface area contributed by atoms with Crippen molar-refractivity contribution in [3.8, 4) is 5.75 Å². The summed E-state index contributed by atoms with van der Waals surface area (Å²) in [5.41, 5.74) is 3.50. The summed E-state index contributed by atoms with van der Waals surface area (Å²) in [7, 11) is 3.67. The number of halogens is 2. The van der Waals surface area contributed by atoms with Crippen LogP contribution in [-0.4, -0.2) is 14.2 Å². The van der Waals surface area contributed by atoms with Crippen LogP contribution in [0.4, 0.5) is 0 Å². The van der Waals surface area contributed by atoms with Crippen LogP contribution in [0.2, 0.25) is 0 Å². The third-order valence-corrected chi connectivity index (χ3v) is 4.54. The summed E-state index contributed by atoms with van der Waals surface area (Å²) >= 11 is 7.16. The normalized spacial score (nSPS) is 12.2. The minimum Gasteiger partial charge on any atom is -0.496 e. The minimum atomic E-state index is 0.108. The van der Waals surface area contributed by atoms with E-state index < -0.39 is 0 Å². The van der Waals surface area contributed by atoms with Crippen molar-refractivity contribution < 1.29 is 4.74 Å². The molecule has 0 heterocycles. The third kappa shape index (κ3) is 3.25. The van der Waals surface area contributed by atoms with E-state index in [2.05, 4.69) is 67.5 Å². The van der Waals surface area contributed by atoms with Gasteiger partial charge in [0.05, 0.1) is 13.2 Å². The van der Waals surface area contributed by atoms with E-state index in [1.807, 2.05) is 20.0 Å². The molecule has 106 valence electrons. The lowest BCUT2D eigenvalue weighted by Crippen LogP contribution is -2.18. The zero-order valence-corrected chi connectivity index (χ0v) is 14.9. The van der Waals surface area contributed by atoms with Crippen LogP contribution in [0.15, 0.2) is 45.3 Å². The fourth-order valence-electron chi connectivity index (χ4n) is 2.25. The number of hydrogen-bond donors (Lipinski definition) is 1. The van der Waals surface area contributed by atoms with E-state index >= 15 is 0 Å². The van der Waals surface area contributed by atoms with E-state index in [0.717, 1.165) is 20.3 Å². The van der Waals surface area contributed by atoms with E-state index in [0.29, 0.717) is 0 Å². The fraction of sp³-hybridized carbons (Fsp3) is 0.250. The molecule has 0 saturated carbocycles. The number of nitrogens with one attached hydrogen (secondary N) is 1. The molecule has 0 saturated heterocycles. The second-order valence-corrected chi connectivity index (χ2v) is 6.39. The maximum absolute atomic E-state index is 5.42. The fourth-order valence-corrected chi connectivity index (χ4v) is 3.11. The van der Waals surface area contributed by atoms with Gasteiger partial charge in [0, 0.05) is 8.95 Å². The standard InChI is InChI=1S/C16H17Br2NO/c1-10-4-5-11(8-15(10)20-3)16(19-2)13-9-12(17)6-7-14(13)18/h4-9,16,19H,1-3H3. The quantitative estimate of drug-likeness (QED) is 0.795. The van der Waals surface area contributed by atoms with Gasteiger partial charge in [0.1, 0.15) is 5.75 Å². The van der Waals surface area contributed by atoms with Crippen molar-refractivity contribution in [2.24, 2.45) is 0 Å². The van der Waals surface area contributed by atoms with E-state index in [1.165, 1.54) is 11.1 Å². The molecule has 20 heavy (non-hydrogen) atoms. The summed E-state index contributed by atoms with van der Waals surface area (Å²) in [6, 6.07) is 12.6. The Morgan fingerprint density at radius 1 is 1.10 bits per heavy atom. The highest BCUT2D eigenvalue weighted by Gasteiger charge is 2.16. The maximum Gasteiger partial charge on any atom is 0.122 e. The number of methoxy groups -OCH3 is 1. The van der Waals surface area contributed by atoms with Crippen LogP contribution in [0.1, 0.15) is 22.7 Å². The molecule has 1 atom stereocenters. The van der Waals surface area contributed by atoms with Crippen LogP contribution in [-0.2, 0) is 0 Å². The van der Waals surface area contributed by atoms with Gasteiger partial charge in [-0.1, -0.05) is 44.0 Å². The lowest BCUT2D eigenvalue weighted by atomic mass is 9.97. The molecule has 0 spiro atoms. The van der Waals surface area contributed by atoms with Gasteiger partial charge in [0.25, 0.3) is 0 Å². The Kier molecular flexibility index (Phi) is 5.24. The summed E-state index contributed by atoms with van der Waals surface area (Å²) in [6.07, 6.45) is 0. The first-order chi connectivity index (χ1) is 9.56. The van der Waals surface area contributed by atoms with Crippen LogP contribution in [0, 0.1) is 6.92 Å². The Morgan fingerprint density at radius 3 is 2.50 bits per heavy atom. The van der Waals surface area contributed by atoms with Crippen LogP contribution in [0.25, 0.3) is 0 Å². The average molecular weight is 399 g/mol. The smallest absolute Gasteiger partial charge is 0.122 e. The number of ether oxygens (including phenoxy) is 1. The van der Waals surface area contributed by atoms with Gasteiger partial charge >= 0.3 is 0 Å². The van der Waals surface area contributed by atoms with Crippen molar-refractivity contribution in [2.75, 3.05) is 14.2 Å². The first kappa shape index (κ1) is 15.5. The first-order valence-corrected chi connectivity index (χ1v) is 7.92. The highest BCUT2D eigenvalue weighted by molar-refractivity contribution is 9.11. The highest BCUT2D eigenvalue weighted by Crippen LogP contribution is 2.33. The number of benzene rings is 2. The molecule has 2 aromatic rings. The van der Waals surface area contributed by atoms with E-state index in [-0.39, 0.29) is 6.04 Å². The molecule has 0 aliphatic rings. The lowest BCUT2D eigenvalue weighted by molar-refractivity contribution is 0.410. The molecular formula is C16H17Br2NO. The van der Waals surface area contributed by atoms with Crippen LogP contribution in [0.3, 0.4) is 0 Å². The van der Waals surface area contributed by atoms with Crippen molar-refractivity contribution in [1.29, 1.82) is 0 Å². The summed E-state index contributed by atoms with van der Waals surface area (Å²) in [6.45, 7) is 2.05. The van der Waals surface area contributed by atoms with Crippen LogP contribution in [0.5, 0.6) is 5.75 Å². The van der Waals surface area contributed by atoms with Crippen molar-refractivity contribution >= 4 is 31.9 Å². The average Bonchev–Trinajstić information content (AvgIpc) is 2.45. The van der Waals surface area contributed by atoms with Gasteiger partial charge in [-0.3, -0.25) is 0 Å². The summed E-state index contributed by atoms with van der Waals surface area (Å²) in [5.74, 6) is 0.911. The van der Waals surface area contributed by atoms with Gasteiger partial charge < -0.3 is 10.1 Å². The zero-order valence-electron chi connectivity index (χ0n) is 11.7. The Bertz CT molecular complexity index is 613. The predicted molar refractivity (Wildman–Crippen MR) is 90.5 cm³/mol. The minimum absolute atomic E-state index is 0.108. The predicted octanol–water partition coefficient (Wildman–Crippen LogP) is 4.84. The molecule has 0 radical (unpaired) electrons. The Morgan fingerprint density at radius 2 is 1.85 bits per heavy atom. The molecular weight excluding hydrogens is 382 g/mol. The molecule has 1 N–H and O–H groups in total. The number of aryl methyl sites for hydroxylation is 1. The maximum atomic E-state index is 5.42. The van der Waals surface area contributed by atoms with Crippen LogP contribution >= 0.6 is 31.9 Å². The molecule has 0 aliphatic carbocycles. The molecule has 2 aromatic carbocycles. The first-order valence-electron chi connectivity index (χ1n) is 6.33. The van der Waals surface area contributed by atoms with Gasteiger partial charge in [0.15, 0.2) is 0 Å². The van der Waals surface area contributed by atoms with Crippen molar-refractivity contribution in [1.82, 2.24) is 5.32 Å². The van der Waals surface area contributed by atoms with E-state index in [4.69, 9.17) is 4.74 Å². The molecule has 0 aromatic heterocycles. The monoisotopic (exact) mass is 397 g/mol. The molecule has 4 heteroatoms. The van der Waals surface area contributed by atoms with Crippen molar-refractivity contribution in [2.45, 2.75) is 13.0 Å². The largest absolute Gasteiger partial charge is 0.496 e. The summed E-state index contributed by atoms with van der Waals surface area (Å²) in [4.78, 5) is 0. The van der Waals surface area contributed by atoms with Gasteiger partial charge in [-0.2, -0.15) is 0 Å². The summed E-state index contributed by atoms with van der Waals surface area (Å²) < 4.78 is 7.57. The zero-order chi connectivity index (χ0) is 14.7. The van der Waals surface area contributed by atoms with E-state index in [1.54, 1.807) is 7.11 Å². The molecule has 0 bridgehead atoms. The highest BCUT2D eigenvalue weighted by atomic mass is 79.9. The molecule has 0 fully saturated rings. The van der Waals surface area contributed by atoms with Crippen molar-refractivity contribution in [3.05, 3.63) is 62.0 Å². The molecule has 1 unspecified atom stereocenters. The Hall–Kier alpha value is -0.840. The van der Waals surface area contributed by atoms with Crippen LogP contribution < -0.4 is 10.1 Å². The molecule has 2 nitrogen and oxygen atoms in total. The third-order valence-electron chi connectivity index (χ3n) is 3.32. The van der Waals surface area contributed by atoms with E-state index in [9.17, 15) is 0 Å². The number of rotatable bonds is 4. The Labute approximate surface area is 136 Å². The van der Waals surface area contributed by atoms with Gasteiger partial charge in [-0.25, -0.2) is 0 Å². The summed E-state index contributed by atoms with van der Waals surface area (Å²) in [5, 5.41) is 3.37. The second kappa shape index (κ2) is 6.74. The van der Waals surface area contributed by atoms with Crippen molar-refractivity contribution in [3.63, 3.8) is 0 Å². The van der Waals surface area contributed by atoms with Gasteiger partial charge in [-0.15, -0.1) is 0 Å². The second-order valence-electron chi connectivity index (χ2n) is 4.62. The SMILES string of the molecule is CNC(c1ccc(C)c(OC)c1)c1cc(Br)ccc1Br. The lowest BCUT2D eigenvalue weighted by Gasteiger charge is -2.20. The van der Waals surface area contributed by atoms with Gasteiger partial charge in [0.2, 0.25) is 0 Å². The van der Waals surface area contributed by atoms with Gasteiger partial charge in [-0.05, 0) is 54.9 Å². The Balaban J connectivity index is 2.49.